The van der Waals surface area contributed by atoms with Gasteiger partial charge >= 0.3 is 0 Å². The Bertz CT molecular complexity index is 1320. The second kappa shape index (κ2) is 11.2. The van der Waals surface area contributed by atoms with Crippen LogP contribution in [0.1, 0.15) is 12.0 Å². The van der Waals surface area contributed by atoms with Crippen LogP contribution in [0.3, 0.4) is 0 Å². The lowest BCUT2D eigenvalue weighted by molar-refractivity contribution is 0.174. The first-order valence-corrected chi connectivity index (χ1v) is 11.3. The number of nitrogens with one attached hydrogen (secondary N) is 2. The minimum absolute atomic E-state index is 0. The molecular formula is C27H28ClN3O4. The van der Waals surface area contributed by atoms with Gasteiger partial charge < -0.3 is 30.0 Å². The number of aromatic nitrogens is 1. The molecule has 8 heteroatoms. The second-order valence-corrected chi connectivity index (χ2v) is 8.08. The fraction of sp³-hybridized carbons (Fsp3) is 0.222. The molecule has 0 fully saturated rings. The zero-order chi connectivity index (χ0) is 23.3. The number of aromatic hydroxyl groups is 1. The summed E-state index contributed by atoms with van der Waals surface area (Å²) in [7, 11) is 1.55. The van der Waals surface area contributed by atoms with Gasteiger partial charge in [0, 0.05) is 35.9 Å². The van der Waals surface area contributed by atoms with Crippen LogP contribution in [0.15, 0.2) is 66.9 Å². The van der Waals surface area contributed by atoms with Gasteiger partial charge in [-0.25, -0.2) is 0 Å². The number of fused-ring (bicyclic) bond motifs is 2. The van der Waals surface area contributed by atoms with Crippen molar-refractivity contribution in [2.75, 3.05) is 32.3 Å². The molecule has 0 aliphatic carbocycles. The Morgan fingerprint density at radius 3 is 2.69 bits per heavy atom. The highest BCUT2D eigenvalue weighted by molar-refractivity contribution is 5.93. The van der Waals surface area contributed by atoms with Crippen molar-refractivity contribution in [3.05, 3.63) is 72.4 Å². The molecule has 182 valence electrons. The van der Waals surface area contributed by atoms with Crippen LogP contribution in [-0.4, -0.2) is 37.1 Å². The van der Waals surface area contributed by atoms with Crippen molar-refractivity contribution in [2.45, 2.75) is 13.0 Å². The summed E-state index contributed by atoms with van der Waals surface area (Å²) in [6.07, 6.45) is 2.77. The fourth-order valence-corrected chi connectivity index (χ4v) is 4.09. The molecule has 4 aromatic rings. The average molecular weight is 494 g/mol. The van der Waals surface area contributed by atoms with E-state index >= 15 is 0 Å². The summed E-state index contributed by atoms with van der Waals surface area (Å²) in [5, 5.41) is 18.2. The van der Waals surface area contributed by atoms with E-state index in [9.17, 15) is 5.11 Å². The molecule has 3 aromatic carbocycles. The fourth-order valence-electron chi connectivity index (χ4n) is 4.09. The molecule has 0 saturated carbocycles. The highest BCUT2D eigenvalue weighted by Crippen LogP contribution is 2.37. The molecular weight excluding hydrogens is 466 g/mol. The zero-order valence-corrected chi connectivity index (χ0v) is 20.2. The van der Waals surface area contributed by atoms with Crippen molar-refractivity contribution in [1.82, 2.24) is 10.3 Å². The quantitative estimate of drug-likeness (QED) is 0.271. The molecule has 0 saturated heterocycles. The lowest BCUT2D eigenvalue weighted by Gasteiger charge is -2.12. The lowest BCUT2D eigenvalue weighted by atomic mass is 10.0. The minimum Gasteiger partial charge on any atom is -0.504 e. The van der Waals surface area contributed by atoms with Crippen LogP contribution < -0.4 is 24.8 Å². The van der Waals surface area contributed by atoms with Gasteiger partial charge in [0.15, 0.2) is 23.0 Å². The number of phenolic OH excluding ortho intramolecular Hbond substituents is 1. The Labute approximate surface area is 210 Å². The van der Waals surface area contributed by atoms with E-state index < -0.39 is 0 Å². The van der Waals surface area contributed by atoms with E-state index in [1.165, 1.54) is 0 Å². The van der Waals surface area contributed by atoms with Crippen molar-refractivity contribution in [2.24, 2.45) is 0 Å². The highest BCUT2D eigenvalue weighted by Gasteiger charge is 2.14. The van der Waals surface area contributed by atoms with Gasteiger partial charge in [0.05, 0.1) is 12.6 Å². The van der Waals surface area contributed by atoms with Crippen LogP contribution in [0, 0.1) is 0 Å². The molecule has 0 unspecified atom stereocenters. The summed E-state index contributed by atoms with van der Waals surface area (Å²) in [4.78, 5) is 4.57. The minimum atomic E-state index is 0. The zero-order valence-electron chi connectivity index (χ0n) is 19.4. The number of hydrogen-bond acceptors (Lipinski definition) is 7. The average Bonchev–Trinajstić information content (AvgIpc) is 3.35. The van der Waals surface area contributed by atoms with Crippen LogP contribution in [0.2, 0.25) is 0 Å². The SMILES string of the molecule is COc1cccc(CNCCCNc2ccnc3cc(-c4ccc5c(c4)OCO5)ccc23)c1O.Cl. The van der Waals surface area contributed by atoms with Crippen molar-refractivity contribution >= 4 is 29.0 Å². The van der Waals surface area contributed by atoms with Crippen LogP contribution in [-0.2, 0) is 6.54 Å². The third kappa shape index (κ3) is 5.37. The standard InChI is InChI=1S/C27H27N3O4.ClH/c1-32-25-5-2-4-20(27(25)31)16-28-11-3-12-29-22-10-13-30-23-14-18(6-8-21(22)23)19-7-9-24-26(15-19)34-17-33-24;/h2,4-10,13-15,28,31H,3,11-12,16-17H2,1H3,(H,29,30);1H. The monoisotopic (exact) mass is 493 g/mol. The van der Waals surface area contributed by atoms with Gasteiger partial charge in [0.25, 0.3) is 0 Å². The Balaban J connectivity index is 0.00000289. The third-order valence-corrected chi connectivity index (χ3v) is 5.91. The summed E-state index contributed by atoms with van der Waals surface area (Å²) >= 11 is 0. The number of ether oxygens (including phenoxy) is 3. The van der Waals surface area contributed by atoms with Gasteiger partial charge in [-0.2, -0.15) is 0 Å². The van der Waals surface area contributed by atoms with Crippen LogP contribution in [0.5, 0.6) is 23.0 Å². The second-order valence-electron chi connectivity index (χ2n) is 8.08. The molecule has 0 bridgehead atoms. The van der Waals surface area contributed by atoms with Gasteiger partial charge in [-0.15, -0.1) is 12.4 Å². The van der Waals surface area contributed by atoms with E-state index in [-0.39, 0.29) is 24.9 Å². The molecule has 1 aromatic heterocycles. The Morgan fingerprint density at radius 1 is 0.971 bits per heavy atom. The first-order chi connectivity index (χ1) is 16.7. The normalized spacial score (nSPS) is 11.8. The first-order valence-electron chi connectivity index (χ1n) is 11.3. The first kappa shape index (κ1) is 24.4. The maximum atomic E-state index is 10.2. The third-order valence-electron chi connectivity index (χ3n) is 5.91. The van der Waals surface area contributed by atoms with E-state index in [0.29, 0.717) is 12.3 Å². The maximum absolute atomic E-state index is 10.2. The predicted octanol–water partition coefficient (Wildman–Crippen LogP) is 5.36. The van der Waals surface area contributed by atoms with Gasteiger partial charge in [0.1, 0.15) is 0 Å². The van der Waals surface area contributed by atoms with Gasteiger partial charge in [-0.3, -0.25) is 4.98 Å². The molecule has 0 amide bonds. The molecule has 0 radical (unpaired) electrons. The van der Waals surface area contributed by atoms with Gasteiger partial charge in [0.2, 0.25) is 6.79 Å². The van der Waals surface area contributed by atoms with Crippen LogP contribution in [0.4, 0.5) is 5.69 Å². The van der Waals surface area contributed by atoms with Gasteiger partial charge in [-0.05, 0) is 54.4 Å². The summed E-state index contributed by atoms with van der Waals surface area (Å²) in [5.41, 5.74) is 4.98. The number of benzene rings is 3. The van der Waals surface area contributed by atoms with Gasteiger partial charge in [-0.1, -0.05) is 30.3 Å². The summed E-state index contributed by atoms with van der Waals surface area (Å²) in [6, 6.07) is 19.8. The molecule has 7 nitrogen and oxygen atoms in total. The number of pyridine rings is 1. The summed E-state index contributed by atoms with van der Waals surface area (Å²) in [6.45, 7) is 2.50. The molecule has 5 rings (SSSR count). The van der Waals surface area contributed by atoms with E-state index in [1.807, 2.05) is 42.6 Å². The number of nitrogens with zero attached hydrogens (tertiary/aromatic N) is 1. The van der Waals surface area contributed by atoms with Crippen molar-refractivity contribution in [3.8, 4) is 34.1 Å². The number of halogens is 1. The van der Waals surface area contributed by atoms with E-state index in [0.717, 1.165) is 64.3 Å². The van der Waals surface area contributed by atoms with E-state index in [2.05, 4.69) is 33.8 Å². The van der Waals surface area contributed by atoms with E-state index in [4.69, 9.17) is 14.2 Å². The van der Waals surface area contributed by atoms with Crippen LogP contribution in [0.25, 0.3) is 22.0 Å². The Hall–Kier alpha value is -3.68. The summed E-state index contributed by atoms with van der Waals surface area (Å²) in [5.74, 6) is 2.24. The molecule has 1 aliphatic rings. The number of anilines is 1. The number of hydrogen-bond donors (Lipinski definition) is 3. The molecule has 1 aliphatic heterocycles. The van der Waals surface area contributed by atoms with Crippen molar-refractivity contribution in [3.63, 3.8) is 0 Å². The van der Waals surface area contributed by atoms with E-state index in [1.54, 1.807) is 13.2 Å². The lowest BCUT2D eigenvalue weighted by Crippen LogP contribution is -2.17. The predicted molar refractivity (Wildman–Crippen MR) is 140 cm³/mol. The molecule has 35 heavy (non-hydrogen) atoms. The molecule has 0 atom stereocenters. The number of phenols is 1. The smallest absolute Gasteiger partial charge is 0.231 e. The number of methoxy groups -OCH3 is 1. The maximum Gasteiger partial charge on any atom is 0.231 e. The Morgan fingerprint density at radius 2 is 1.80 bits per heavy atom. The topological polar surface area (TPSA) is 84.9 Å². The molecule has 0 spiro atoms. The molecule has 3 N–H and O–H groups in total. The van der Waals surface area contributed by atoms with Crippen molar-refractivity contribution in [1.29, 1.82) is 0 Å². The highest BCUT2D eigenvalue weighted by atomic mass is 35.5. The molecule has 2 heterocycles. The summed E-state index contributed by atoms with van der Waals surface area (Å²) < 4.78 is 16.1. The largest absolute Gasteiger partial charge is 0.504 e. The van der Waals surface area contributed by atoms with Crippen molar-refractivity contribution < 1.29 is 19.3 Å². The number of rotatable bonds is 9. The van der Waals surface area contributed by atoms with Crippen LogP contribution >= 0.6 is 12.4 Å². The Kier molecular flexibility index (Phi) is 7.80. The number of para-hydroxylation sites is 1.